The Kier molecular flexibility index (Phi) is 5.65. The molecule has 0 aliphatic carbocycles. The zero-order chi connectivity index (χ0) is 18.8. The molecule has 0 bridgehead atoms. The van der Waals surface area contributed by atoms with E-state index in [9.17, 15) is 26.4 Å². The number of hydrogen-bond donors (Lipinski definition) is 0. The van der Waals surface area contributed by atoms with Crippen molar-refractivity contribution in [1.82, 2.24) is 4.90 Å². The van der Waals surface area contributed by atoms with Crippen LogP contribution in [0.3, 0.4) is 0 Å². The Morgan fingerprint density at radius 1 is 1.28 bits per heavy atom. The Morgan fingerprint density at radius 3 is 2.36 bits per heavy atom. The van der Waals surface area contributed by atoms with Crippen molar-refractivity contribution < 1.29 is 26.4 Å². The molecule has 1 fully saturated rings. The number of piperidine rings is 1. The summed E-state index contributed by atoms with van der Waals surface area (Å²) in [6.45, 7) is 2.72. The molecule has 25 heavy (non-hydrogen) atoms. The lowest BCUT2D eigenvalue weighted by molar-refractivity contribution is -0.137. The number of alkyl halides is 3. The minimum absolute atomic E-state index is 0.0360. The van der Waals surface area contributed by atoms with Crippen molar-refractivity contribution in [3.63, 3.8) is 0 Å². The smallest absolute Gasteiger partial charge is 0.341 e. The third-order valence-electron chi connectivity index (χ3n) is 4.17. The van der Waals surface area contributed by atoms with Gasteiger partial charge in [-0.25, -0.2) is 8.42 Å². The van der Waals surface area contributed by atoms with Crippen LogP contribution in [0.5, 0.6) is 0 Å². The van der Waals surface area contributed by atoms with Crippen molar-refractivity contribution in [3.8, 4) is 0 Å². The first-order chi connectivity index (χ1) is 11.5. The lowest BCUT2D eigenvalue weighted by Crippen LogP contribution is -2.46. The number of carbonyl (C=O) groups excluding carboxylic acids is 1. The Balaban J connectivity index is 2.21. The molecular weight excluding hydrogens is 357 g/mol. The van der Waals surface area contributed by atoms with Gasteiger partial charge in [-0.3, -0.25) is 9.10 Å². The van der Waals surface area contributed by atoms with Gasteiger partial charge in [-0.2, -0.15) is 13.2 Å². The van der Waals surface area contributed by atoms with E-state index in [2.05, 4.69) is 0 Å². The van der Waals surface area contributed by atoms with E-state index in [4.69, 9.17) is 0 Å². The first kappa shape index (κ1) is 19.6. The highest BCUT2D eigenvalue weighted by Crippen LogP contribution is 2.31. The van der Waals surface area contributed by atoms with Crippen molar-refractivity contribution >= 4 is 21.6 Å². The summed E-state index contributed by atoms with van der Waals surface area (Å²) in [6, 6.07) is 3.74. The molecule has 0 aromatic heterocycles. The van der Waals surface area contributed by atoms with Crippen LogP contribution in [0, 0.1) is 5.92 Å². The maximum absolute atomic E-state index is 12.7. The van der Waals surface area contributed by atoms with Crippen molar-refractivity contribution in [2.24, 2.45) is 5.92 Å². The summed E-state index contributed by atoms with van der Waals surface area (Å²) in [5, 5.41) is 0. The molecule has 1 aromatic rings. The number of hydrogen-bond acceptors (Lipinski definition) is 3. The summed E-state index contributed by atoms with van der Waals surface area (Å²) >= 11 is 0. The van der Waals surface area contributed by atoms with Crippen LogP contribution in [0.25, 0.3) is 0 Å². The second-order valence-corrected chi connectivity index (χ2v) is 8.31. The van der Waals surface area contributed by atoms with Crippen LogP contribution in [0.4, 0.5) is 18.9 Å². The van der Waals surface area contributed by atoms with Gasteiger partial charge in [0.2, 0.25) is 15.9 Å². The van der Waals surface area contributed by atoms with Crippen LogP contribution in [0.2, 0.25) is 0 Å². The molecule has 0 saturated carbocycles. The van der Waals surface area contributed by atoms with Gasteiger partial charge in [-0.15, -0.1) is 0 Å². The van der Waals surface area contributed by atoms with Gasteiger partial charge in [0.25, 0.3) is 0 Å². The minimum atomic E-state index is -4.51. The van der Waals surface area contributed by atoms with Crippen LogP contribution in [-0.4, -0.2) is 45.1 Å². The van der Waals surface area contributed by atoms with E-state index in [0.29, 0.717) is 19.0 Å². The second kappa shape index (κ2) is 7.23. The zero-order valence-corrected chi connectivity index (χ0v) is 14.9. The van der Waals surface area contributed by atoms with Crippen LogP contribution in [0.1, 0.15) is 25.3 Å². The molecule has 1 unspecified atom stereocenters. The quantitative estimate of drug-likeness (QED) is 0.810. The number of rotatable bonds is 4. The molecule has 1 aliphatic heterocycles. The number of likely N-dealkylation sites (tertiary alicyclic amines) is 1. The third-order valence-corrected chi connectivity index (χ3v) is 5.31. The Labute approximate surface area is 145 Å². The van der Waals surface area contributed by atoms with E-state index >= 15 is 0 Å². The summed E-state index contributed by atoms with van der Waals surface area (Å²) in [6.07, 6.45) is -1.71. The van der Waals surface area contributed by atoms with Gasteiger partial charge in [-0.05, 0) is 43.0 Å². The predicted octanol–water partition coefficient (Wildman–Crippen LogP) is 2.73. The SMILES string of the molecule is CC1CCCN(C(=O)CN(c2ccc(C(F)(F)F)cc2)S(C)(=O)=O)C1. The Morgan fingerprint density at radius 2 is 1.88 bits per heavy atom. The molecule has 9 heteroatoms. The highest BCUT2D eigenvalue weighted by atomic mass is 32.2. The van der Waals surface area contributed by atoms with E-state index in [1.165, 1.54) is 0 Å². The molecule has 1 amide bonds. The highest BCUT2D eigenvalue weighted by molar-refractivity contribution is 7.92. The van der Waals surface area contributed by atoms with Gasteiger partial charge in [-0.1, -0.05) is 6.92 Å². The van der Waals surface area contributed by atoms with Gasteiger partial charge in [0.1, 0.15) is 6.54 Å². The molecular formula is C16H21F3N2O3S. The van der Waals surface area contributed by atoms with E-state index in [0.717, 1.165) is 47.7 Å². The van der Waals surface area contributed by atoms with E-state index in [1.54, 1.807) is 4.90 Å². The fraction of sp³-hybridized carbons (Fsp3) is 0.562. The van der Waals surface area contributed by atoms with Crippen molar-refractivity contribution in [2.75, 3.05) is 30.2 Å². The largest absolute Gasteiger partial charge is 0.416 e. The van der Waals surface area contributed by atoms with E-state index in [1.807, 2.05) is 6.92 Å². The predicted molar refractivity (Wildman–Crippen MR) is 88.6 cm³/mol. The molecule has 2 rings (SSSR count). The summed E-state index contributed by atoms with van der Waals surface area (Å²) < 4.78 is 62.9. The molecule has 140 valence electrons. The Hall–Kier alpha value is -1.77. The van der Waals surface area contributed by atoms with Crippen molar-refractivity contribution in [2.45, 2.75) is 25.9 Å². The number of carbonyl (C=O) groups is 1. The van der Waals surface area contributed by atoms with E-state index < -0.39 is 28.3 Å². The van der Waals surface area contributed by atoms with E-state index in [-0.39, 0.29) is 11.6 Å². The first-order valence-electron chi connectivity index (χ1n) is 7.91. The highest BCUT2D eigenvalue weighted by Gasteiger charge is 2.31. The van der Waals surface area contributed by atoms with Gasteiger partial charge in [0.05, 0.1) is 17.5 Å². The fourth-order valence-electron chi connectivity index (χ4n) is 2.86. The number of nitrogens with zero attached hydrogens (tertiary/aromatic N) is 2. The van der Waals surface area contributed by atoms with Crippen molar-refractivity contribution in [1.29, 1.82) is 0 Å². The molecule has 1 aliphatic rings. The number of anilines is 1. The zero-order valence-electron chi connectivity index (χ0n) is 14.1. The molecule has 1 atom stereocenters. The maximum Gasteiger partial charge on any atom is 0.416 e. The van der Waals surface area contributed by atoms with Crippen LogP contribution in [0.15, 0.2) is 24.3 Å². The number of benzene rings is 1. The average molecular weight is 378 g/mol. The summed E-state index contributed by atoms with van der Waals surface area (Å²) in [5.74, 6) is -0.00711. The monoisotopic (exact) mass is 378 g/mol. The molecule has 1 heterocycles. The molecule has 0 radical (unpaired) electrons. The molecule has 1 saturated heterocycles. The molecule has 0 N–H and O–H groups in total. The summed E-state index contributed by atoms with van der Waals surface area (Å²) in [4.78, 5) is 14.0. The minimum Gasteiger partial charge on any atom is -0.341 e. The van der Waals surface area contributed by atoms with Gasteiger partial charge >= 0.3 is 6.18 Å². The number of sulfonamides is 1. The van der Waals surface area contributed by atoms with Gasteiger partial charge in [0.15, 0.2) is 0 Å². The third kappa shape index (κ3) is 5.10. The van der Waals surface area contributed by atoms with Gasteiger partial charge < -0.3 is 4.90 Å². The standard InChI is InChI=1S/C16H21F3N2O3S/c1-12-4-3-9-20(10-12)15(22)11-21(25(2,23)24)14-7-5-13(6-8-14)16(17,18)19/h5-8,12H,3-4,9-11H2,1-2H3. The topological polar surface area (TPSA) is 57.7 Å². The number of amides is 1. The Bertz CT molecular complexity index is 717. The lowest BCUT2D eigenvalue weighted by Gasteiger charge is -2.33. The molecule has 0 spiro atoms. The second-order valence-electron chi connectivity index (χ2n) is 6.40. The molecule has 1 aromatic carbocycles. The lowest BCUT2D eigenvalue weighted by atomic mass is 10.0. The average Bonchev–Trinajstić information content (AvgIpc) is 2.50. The molecule has 5 nitrogen and oxygen atoms in total. The van der Waals surface area contributed by atoms with Crippen LogP contribution < -0.4 is 4.31 Å². The van der Waals surface area contributed by atoms with Crippen molar-refractivity contribution in [3.05, 3.63) is 29.8 Å². The maximum atomic E-state index is 12.7. The summed E-state index contributed by atoms with van der Waals surface area (Å²) in [7, 11) is -3.81. The van der Waals surface area contributed by atoms with Crippen LogP contribution in [-0.2, 0) is 21.0 Å². The normalized spacial score (nSPS) is 18.9. The summed E-state index contributed by atoms with van der Waals surface area (Å²) in [5.41, 5.74) is -0.838. The first-order valence-corrected chi connectivity index (χ1v) is 9.76. The fourth-order valence-corrected chi connectivity index (χ4v) is 3.71. The van der Waals surface area contributed by atoms with Crippen LogP contribution >= 0.6 is 0 Å². The van der Waals surface area contributed by atoms with Gasteiger partial charge in [0, 0.05) is 13.1 Å². The number of halogens is 3.